The number of hydrogen-bond donors (Lipinski definition) is 0. The van der Waals surface area contributed by atoms with E-state index in [4.69, 9.17) is 0 Å². The van der Waals surface area contributed by atoms with Gasteiger partial charge in [0.25, 0.3) is 0 Å². The molecule has 0 bridgehead atoms. The van der Waals surface area contributed by atoms with E-state index in [1.54, 1.807) is 28.6 Å². The predicted molar refractivity (Wildman–Crippen MR) is 71.7 cm³/mol. The van der Waals surface area contributed by atoms with E-state index in [-0.39, 0.29) is 6.03 Å². The number of thiophene rings is 1. The van der Waals surface area contributed by atoms with Crippen molar-refractivity contribution in [1.82, 2.24) is 14.7 Å². The summed E-state index contributed by atoms with van der Waals surface area (Å²) >= 11 is 1.79. The lowest BCUT2D eigenvalue weighted by Crippen LogP contribution is -2.41. The van der Waals surface area contributed by atoms with Gasteiger partial charge in [-0.05, 0) is 23.4 Å². The fourth-order valence-electron chi connectivity index (χ4n) is 2.16. The van der Waals surface area contributed by atoms with Crippen molar-refractivity contribution in [3.05, 3.63) is 46.7 Å². The largest absolute Gasteiger partial charge is 0.354 e. The fraction of sp³-hybridized carbons (Fsp3) is 0.308. The lowest BCUT2D eigenvalue weighted by molar-refractivity contribution is 0.174. The van der Waals surface area contributed by atoms with Gasteiger partial charge >= 0.3 is 6.03 Å². The zero-order valence-corrected chi connectivity index (χ0v) is 11.1. The topological polar surface area (TPSA) is 26.8 Å². The summed E-state index contributed by atoms with van der Waals surface area (Å²) in [6.07, 6.45) is 8.31. The van der Waals surface area contributed by atoms with Crippen LogP contribution in [0.25, 0.3) is 0 Å². The van der Waals surface area contributed by atoms with Crippen molar-refractivity contribution in [2.75, 3.05) is 13.6 Å². The van der Waals surface area contributed by atoms with Crippen LogP contribution in [-0.4, -0.2) is 34.3 Å². The molecule has 0 fully saturated rings. The minimum atomic E-state index is 0.0486. The summed E-state index contributed by atoms with van der Waals surface area (Å²) < 4.78 is 0. The maximum Gasteiger partial charge on any atom is 0.328 e. The monoisotopic (exact) mass is 261 g/mol. The summed E-state index contributed by atoms with van der Waals surface area (Å²) in [4.78, 5) is 19.2. The molecule has 4 nitrogen and oxygen atoms in total. The summed E-state index contributed by atoms with van der Waals surface area (Å²) in [6, 6.07) is 2.17. The van der Waals surface area contributed by atoms with E-state index in [1.165, 1.54) is 10.4 Å². The van der Waals surface area contributed by atoms with Gasteiger partial charge in [-0.2, -0.15) is 0 Å². The third-order valence-electron chi connectivity index (χ3n) is 3.22. The maximum atomic E-state index is 12.3. The second kappa shape index (κ2) is 4.49. The van der Waals surface area contributed by atoms with Crippen LogP contribution >= 0.6 is 11.3 Å². The summed E-state index contributed by atoms with van der Waals surface area (Å²) in [6.45, 7) is 1.53. The van der Waals surface area contributed by atoms with Gasteiger partial charge in [0.2, 0.25) is 0 Å². The van der Waals surface area contributed by atoms with Gasteiger partial charge in [0.05, 0.1) is 0 Å². The first-order valence-corrected chi connectivity index (χ1v) is 6.83. The summed E-state index contributed by atoms with van der Waals surface area (Å²) in [5, 5.41) is 2.11. The Morgan fingerprint density at radius 1 is 1.28 bits per heavy atom. The van der Waals surface area contributed by atoms with E-state index < -0.39 is 0 Å². The Hall–Kier alpha value is -1.75. The number of carbonyl (C=O) groups is 1. The first kappa shape index (κ1) is 11.3. The maximum absolute atomic E-state index is 12.3. The minimum absolute atomic E-state index is 0.0486. The Bertz CT molecular complexity index is 506. The van der Waals surface area contributed by atoms with Crippen LogP contribution in [0.4, 0.5) is 4.79 Å². The summed E-state index contributed by atoms with van der Waals surface area (Å²) in [7, 11) is 1.94. The van der Waals surface area contributed by atoms with E-state index >= 15 is 0 Å². The first-order valence-electron chi connectivity index (χ1n) is 5.95. The number of rotatable bonds is 0. The normalized spacial score (nSPS) is 18.2. The molecule has 5 heteroatoms. The Labute approximate surface area is 110 Å². The van der Waals surface area contributed by atoms with Crippen molar-refractivity contribution < 1.29 is 4.79 Å². The third kappa shape index (κ3) is 2.01. The van der Waals surface area contributed by atoms with Crippen LogP contribution in [0.3, 0.4) is 0 Å². The van der Waals surface area contributed by atoms with Gasteiger partial charge in [-0.1, -0.05) is 0 Å². The molecule has 3 rings (SSSR count). The molecule has 1 aromatic heterocycles. The van der Waals surface area contributed by atoms with Crippen LogP contribution in [-0.2, 0) is 13.0 Å². The molecule has 2 amide bonds. The molecule has 0 saturated heterocycles. The van der Waals surface area contributed by atoms with Crippen LogP contribution < -0.4 is 0 Å². The highest BCUT2D eigenvalue weighted by atomic mass is 32.1. The smallest absolute Gasteiger partial charge is 0.328 e. The highest BCUT2D eigenvalue weighted by Gasteiger charge is 2.24. The molecule has 0 atom stereocenters. The minimum Gasteiger partial charge on any atom is -0.354 e. The molecular weight excluding hydrogens is 246 g/mol. The number of amides is 2. The van der Waals surface area contributed by atoms with E-state index in [1.807, 2.05) is 29.2 Å². The standard InChI is InChI=1S/C13H15N3OS/c1-14-5-7-15(8-6-14)13(17)16-4-2-12-11(10-16)3-9-18-12/h3,5-9H,2,4,10H2,1H3. The van der Waals surface area contributed by atoms with Crippen LogP contribution in [0.5, 0.6) is 0 Å². The van der Waals surface area contributed by atoms with Crippen LogP contribution in [0, 0.1) is 0 Å². The molecule has 0 spiro atoms. The summed E-state index contributed by atoms with van der Waals surface area (Å²) in [5.74, 6) is 0. The van der Waals surface area contributed by atoms with Gasteiger partial charge < -0.3 is 9.80 Å². The Kier molecular flexibility index (Phi) is 2.83. The molecule has 18 heavy (non-hydrogen) atoms. The SMILES string of the molecule is CN1C=CN(C(=O)N2CCc3sccc3C2)C=C1. The van der Waals surface area contributed by atoms with E-state index in [2.05, 4.69) is 11.4 Å². The zero-order valence-electron chi connectivity index (χ0n) is 10.2. The molecule has 0 unspecified atom stereocenters. The lowest BCUT2D eigenvalue weighted by Gasteiger charge is -2.31. The molecule has 2 aliphatic heterocycles. The Morgan fingerprint density at radius 3 is 2.83 bits per heavy atom. The zero-order chi connectivity index (χ0) is 12.5. The molecule has 0 radical (unpaired) electrons. The average molecular weight is 261 g/mol. The van der Waals surface area contributed by atoms with Gasteiger partial charge in [0.1, 0.15) is 0 Å². The number of hydrogen-bond acceptors (Lipinski definition) is 3. The van der Waals surface area contributed by atoms with Gasteiger partial charge in [-0.3, -0.25) is 4.90 Å². The van der Waals surface area contributed by atoms with Crippen molar-refractivity contribution in [2.24, 2.45) is 0 Å². The second-order valence-corrected chi connectivity index (χ2v) is 5.49. The first-order chi connectivity index (χ1) is 8.74. The third-order valence-corrected chi connectivity index (χ3v) is 4.25. The molecular formula is C13H15N3OS. The Morgan fingerprint density at radius 2 is 2.06 bits per heavy atom. The van der Waals surface area contributed by atoms with E-state index in [0.29, 0.717) is 0 Å². The number of urea groups is 1. The van der Waals surface area contributed by atoms with Gasteiger partial charge in [-0.25, -0.2) is 4.79 Å². The lowest BCUT2D eigenvalue weighted by atomic mass is 10.1. The van der Waals surface area contributed by atoms with Crippen molar-refractivity contribution in [2.45, 2.75) is 13.0 Å². The highest BCUT2D eigenvalue weighted by molar-refractivity contribution is 7.10. The number of carbonyl (C=O) groups excluding carboxylic acids is 1. The molecule has 1 aromatic rings. The van der Waals surface area contributed by atoms with Crippen LogP contribution in [0.1, 0.15) is 10.4 Å². The van der Waals surface area contributed by atoms with Crippen molar-refractivity contribution in [1.29, 1.82) is 0 Å². The molecule has 94 valence electrons. The molecule has 2 aliphatic rings. The van der Waals surface area contributed by atoms with Crippen LogP contribution in [0.2, 0.25) is 0 Å². The van der Waals surface area contributed by atoms with E-state index in [0.717, 1.165) is 19.5 Å². The van der Waals surface area contributed by atoms with Gasteiger partial charge in [-0.15, -0.1) is 11.3 Å². The number of nitrogens with zero attached hydrogens (tertiary/aromatic N) is 3. The second-order valence-electron chi connectivity index (χ2n) is 4.49. The van der Waals surface area contributed by atoms with Crippen molar-refractivity contribution in [3.8, 4) is 0 Å². The fourth-order valence-corrected chi connectivity index (χ4v) is 3.05. The highest BCUT2D eigenvalue weighted by Crippen LogP contribution is 2.24. The number of fused-ring (bicyclic) bond motifs is 1. The van der Waals surface area contributed by atoms with Crippen LogP contribution in [0.15, 0.2) is 36.2 Å². The van der Waals surface area contributed by atoms with Crippen molar-refractivity contribution in [3.63, 3.8) is 0 Å². The molecule has 0 saturated carbocycles. The predicted octanol–water partition coefficient (Wildman–Crippen LogP) is 2.42. The molecule has 0 aromatic carbocycles. The quantitative estimate of drug-likeness (QED) is 0.717. The Balaban J connectivity index is 1.71. The molecule has 3 heterocycles. The summed E-state index contributed by atoms with van der Waals surface area (Å²) in [5.41, 5.74) is 1.29. The van der Waals surface area contributed by atoms with Gasteiger partial charge in [0, 0.05) is 49.8 Å². The molecule has 0 aliphatic carbocycles. The average Bonchev–Trinajstić information content (AvgIpc) is 2.86. The van der Waals surface area contributed by atoms with E-state index in [9.17, 15) is 4.79 Å². The molecule has 0 N–H and O–H groups in total. The van der Waals surface area contributed by atoms with Crippen molar-refractivity contribution >= 4 is 17.4 Å². The van der Waals surface area contributed by atoms with Gasteiger partial charge in [0.15, 0.2) is 0 Å².